The summed E-state index contributed by atoms with van der Waals surface area (Å²) in [7, 11) is 0. The number of aliphatic carboxylic acids is 1. The summed E-state index contributed by atoms with van der Waals surface area (Å²) in [4.78, 5) is 33.7. The molecule has 3 atom stereocenters. The first-order valence-electron chi connectivity index (χ1n) is 6.36. The first-order valence-corrected chi connectivity index (χ1v) is 6.36. The highest BCUT2D eigenvalue weighted by Gasteiger charge is 2.38. The van der Waals surface area contributed by atoms with E-state index in [1.54, 1.807) is 0 Å². The fraction of sp³-hybridized carbons (Fsp3) is 0.750. The molecule has 0 saturated heterocycles. The van der Waals surface area contributed by atoms with E-state index >= 15 is 0 Å². The molecule has 0 radical (unpaired) electrons. The standard InChI is InChI=1S/C12H20N2O5/c1-7-6-8(7)11(17)13-4-2-10(16)14-9(3-5-15)12(18)19/h7-9,15H,2-6H2,1H3,(H,13,17)(H,14,16)(H,18,19)/t7?,8?,9-/m0/s1. The van der Waals surface area contributed by atoms with Crippen molar-refractivity contribution >= 4 is 17.8 Å². The van der Waals surface area contributed by atoms with E-state index in [0.29, 0.717) is 5.92 Å². The fourth-order valence-electron chi connectivity index (χ4n) is 1.77. The van der Waals surface area contributed by atoms with Gasteiger partial charge in [0.25, 0.3) is 0 Å². The van der Waals surface area contributed by atoms with Crippen LogP contribution in [0.25, 0.3) is 0 Å². The van der Waals surface area contributed by atoms with Crippen molar-refractivity contribution in [3.63, 3.8) is 0 Å². The number of rotatable bonds is 8. The van der Waals surface area contributed by atoms with Gasteiger partial charge in [0.2, 0.25) is 11.8 Å². The highest BCUT2D eigenvalue weighted by molar-refractivity contribution is 5.85. The molecule has 7 nitrogen and oxygen atoms in total. The molecule has 2 unspecified atom stereocenters. The van der Waals surface area contributed by atoms with Gasteiger partial charge in [-0.1, -0.05) is 6.92 Å². The third kappa shape index (κ3) is 5.25. The molecular formula is C12H20N2O5. The van der Waals surface area contributed by atoms with Gasteiger partial charge in [0.1, 0.15) is 6.04 Å². The van der Waals surface area contributed by atoms with Crippen molar-refractivity contribution in [1.29, 1.82) is 0 Å². The quantitative estimate of drug-likeness (QED) is 0.457. The monoisotopic (exact) mass is 272 g/mol. The number of nitrogens with one attached hydrogen (secondary N) is 2. The van der Waals surface area contributed by atoms with Crippen LogP contribution < -0.4 is 10.6 Å². The molecule has 0 aromatic rings. The van der Waals surface area contributed by atoms with Gasteiger partial charge in [-0.05, 0) is 12.3 Å². The molecule has 0 heterocycles. The summed E-state index contributed by atoms with van der Waals surface area (Å²) in [5, 5.41) is 22.4. The van der Waals surface area contributed by atoms with E-state index in [1.165, 1.54) is 0 Å². The van der Waals surface area contributed by atoms with Crippen molar-refractivity contribution in [2.45, 2.75) is 32.2 Å². The molecule has 1 rings (SSSR count). The van der Waals surface area contributed by atoms with Crippen molar-refractivity contribution in [2.75, 3.05) is 13.2 Å². The summed E-state index contributed by atoms with van der Waals surface area (Å²) in [6.07, 6.45) is 0.880. The zero-order valence-corrected chi connectivity index (χ0v) is 10.9. The van der Waals surface area contributed by atoms with Crippen molar-refractivity contribution in [3.05, 3.63) is 0 Å². The molecule has 2 amide bonds. The predicted octanol–water partition coefficient (Wildman–Crippen LogP) is -0.899. The lowest BCUT2D eigenvalue weighted by molar-refractivity contribution is -0.142. The number of hydrogen-bond donors (Lipinski definition) is 4. The topological polar surface area (TPSA) is 116 Å². The van der Waals surface area contributed by atoms with Gasteiger partial charge in [0, 0.05) is 31.9 Å². The van der Waals surface area contributed by atoms with Gasteiger partial charge in [-0.2, -0.15) is 0 Å². The second-order valence-corrected chi connectivity index (χ2v) is 4.83. The number of aliphatic hydroxyl groups excluding tert-OH is 1. The van der Waals surface area contributed by atoms with Crippen LogP contribution in [0, 0.1) is 11.8 Å². The number of carboxylic acids is 1. The van der Waals surface area contributed by atoms with Crippen LogP contribution in [0.1, 0.15) is 26.2 Å². The van der Waals surface area contributed by atoms with Crippen LogP contribution in [0.15, 0.2) is 0 Å². The Hall–Kier alpha value is -1.63. The number of aliphatic hydroxyl groups is 1. The highest BCUT2D eigenvalue weighted by Crippen LogP contribution is 2.37. The third-order valence-electron chi connectivity index (χ3n) is 3.15. The van der Waals surface area contributed by atoms with Gasteiger partial charge in [0.15, 0.2) is 0 Å². The summed E-state index contributed by atoms with van der Waals surface area (Å²) in [6.45, 7) is 1.87. The minimum atomic E-state index is -1.18. The molecule has 19 heavy (non-hydrogen) atoms. The van der Waals surface area contributed by atoms with Crippen LogP contribution in [0.2, 0.25) is 0 Å². The van der Waals surface area contributed by atoms with Gasteiger partial charge in [-0.15, -0.1) is 0 Å². The smallest absolute Gasteiger partial charge is 0.326 e. The largest absolute Gasteiger partial charge is 0.480 e. The Labute approximate surface area is 111 Å². The van der Waals surface area contributed by atoms with Crippen LogP contribution in [-0.2, 0) is 14.4 Å². The number of amides is 2. The number of carbonyl (C=O) groups is 3. The number of hydrogen-bond acceptors (Lipinski definition) is 4. The van der Waals surface area contributed by atoms with Crippen LogP contribution in [0.5, 0.6) is 0 Å². The Kier molecular flexibility index (Phi) is 5.75. The maximum absolute atomic E-state index is 11.5. The molecule has 0 spiro atoms. The number of carboxylic acid groups (broad SMARTS) is 1. The first-order chi connectivity index (χ1) is 8.95. The normalized spacial score (nSPS) is 22.4. The first kappa shape index (κ1) is 15.4. The molecule has 0 aromatic carbocycles. The second kappa shape index (κ2) is 7.08. The summed E-state index contributed by atoms with van der Waals surface area (Å²) in [5.41, 5.74) is 0. The lowest BCUT2D eigenvalue weighted by atomic mass is 10.2. The molecule has 1 aliphatic carbocycles. The van der Waals surface area contributed by atoms with Gasteiger partial charge in [-0.3, -0.25) is 9.59 Å². The fourth-order valence-corrected chi connectivity index (χ4v) is 1.77. The average molecular weight is 272 g/mol. The SMILES string of the molecule is CC1CC1C(=O)NCCC(=O)N[C@@H](CCO)C(=O)O. The minimum absolute atomic E-state index is 0.0298. The van der Waals surface area contributed by atoms with E-state index in [1.807, 2.05) is 6.92 Å². The summed E-state index contributed by atoms with van der Waals surface area (Å²) in [6, 6.07) is -1.09. The van der Waals surface area contributed by atoms with E-state index in [9.17, 15) is 14.4 Å². The van der Waals surface area contributed by atoms with Crippen LogP contribution >= 0.6 is 0 Å². The molecule has 1 saturated carbocycles. The maximum Gasteiger partial charge on any atom is 0.326 e. The van der Waals surface area contributed by atoms with Crippen LogP contribution in [0.3, 0.4) is 0 Å². The molecule has 7 heteroatoms. The molecule has 1 fully saturated rings. The molecule has 1 aliphatic rings. The third-order valence-corrected chi connectivity index (χ3v) is 3.15. The molecule has 0 bridgehead atoms. The Morgan fingerprint density at radius 1 is 1.37 bits per heavy atom. The highest BCUT2D eigenvalue weighted by atomic mass is 16.4. The lowest BCUT2D eigenvalue weighted by Crippen LogP contribution is -2.42. The molecule has 4 N–H and O–H groups in total. The Bertz CT molecular complexity index is 358. The maximum atomic E-state index is 11.5. The molecule has 0 aliphatic heterocycles. The average Bonchev–Trinajstić information content (AvgIpc) is 3.05. The number of carbonyl (C=O) groups excluding carboxylic acids is 2. The zero-order valence-electron chi connectivity index (χ0n) is 10.9. The van der Waals surface area contributed by atoms with Crippen LogP contribution in [-0.4, -0.2) is 47.2 Å². The van der Waals surface area contributed by atoms with Crippen molar-refractivity contribution in [2.24, 2.45) is 11.8 Å². The molecular weight excluding hydrogens is 252 g/mol. The minimum Gasteiger partial charge on any atom is -0.480 e. The van der Waals surface area contributed by atoms with Crippen LogP contribution in [0.4, 0.5) is 0 Å². The molecule has 0 aromatic heterocycles. The Morgan fingerprint density at radius 2 is 2.00 bits per heavy atom. The van der Waals surface area contributed by atoms with Gasteiger partial charge < -0.3 is 20.8 Å². The van der Waals surface area contributed by atoms with E-state index in [-0.39, 0.29) is 37.8 Å². The second-order valence-electron chi connectivity index (χ2n) is 4.83. The van der Waals surface area contributed by atoms with Gasteiger partial charge in [-0.25, -0.2) is 4.79 Å². The zero-order chi connectivity index (χ0) is 14.4. The van der Waals surface area contributed by atoms with E-state index in [0.717, 1.165) is 6.42 Å². The van der Waals surface area contributed by atoms with E-state index in [4.69, 9.17) is 10.2 Å². The van der Waals surface area contributed by atoms with Gasteiger partial charge >= 0.3 is 5.97 Å². The van der Waals surface area contributed by atoms with E-state index < -0.39 is 17.9 Å². The summed E-state index contributed by atoms with van der Waals surface area (Å²) >= 11 is 0. The van der Waals surface area contributed by atoms with E-state index in [2.05, 4.69) is 10.6 Å². The Balaban J connectivity index is 2.19. The van der Waals surface area contributed by atoms with Crippen molar-refractivity contribution < 1.29 is 24.6 Å². The Morgan fingerprint density at radius 3 is 2.47 bits per heavy atom. The summed E-state index contributed by atoms with van der Waals surface area (Å²) < 4.78 is 0. The lowest BCUT2D eigenvalue weighted by Gasteiger charge is -2.13. The van der Waals surface area contributed by atoms with Crippen molar-refractivity contribution in [3.8, 4) is 0 Å². The van der Waals surface area contributed by atoms with Crippen molar-refractivity contribution in [1.82, 2.24) is 10.6 Å². The predicted molar refractivity (Wildman–Crippen MR) is 66.2 cm³/mol. The molecule has 108 valence electrons. The van der Waals surface area contributed by atoms with Gasteiger partial charge in [0.05, 0.1) is 0 Å². The summed E-state index contributed by atoms with van der Waals surface area (Å²) in [5.74, 6) is -1.22.